The predicted octanol–water partition coefficient (Wildman–Crippen LogP) is 2.82. The Balaban J connectivity index is 2.12. The highest BCUT2D eigenvalue weighted by atomic mass is 32.2. The van der Waals surface area contributed by atoms with Gasteiger partial charge in [-0.3, -0.25) is 4.72 Å². The molecule has 0 radical (unpaired) electrons. The molecule has 1 aromatic heterocycles. The Morgan fingerprint density at radius 1 is 1.44 bits per heavy atom. The van der Waals surface area contributed by atoms with Gasteiger partial charge in [0.2, 0.25) is 0 Å². The number of carbonyl (C=O) groups excluding carboxylic acids is 1. The van der Waals surface area contributed by atoms with Crippen molar-refractivity contribution >= 4 is 41.1 Å². The number of rotatable bonds is 7. The summed E-state index contributed by atoms with van der Waals surface area (Å²) in [4.78, 5) is 16.8. The Morgan fingerprint density at radius 2 is 2.22 bits per heavy atom. The largest absolute Gasteiger partial charge is 0.341 e. The van der Waals surface area contributed by atoms with Crippen LogP contribution in [0.1, 0.15) is 22.5 Å². The van der Waals surface area contributed by atoms with Gasteiger partial charge in [0.25, 0.3) is 0 Å². The maximum absolute atomic E-state index is 10.9. The third-order valence-electron chi connectivity index (χ3n) is 2.22. The Kier molecular flexibility index (Phi) is 7.53. The number of hydrogen-bond donors (Lipinski definition) is 2. The molecule has 2 amide bonds. The maximum atomic E-state index is 10.9. The quantitative estimate of drug-likeness (QED) is 0.601. The molecule has 1 heterocycles. The Labute approximate surface area is 121 Å². The van der Waals surface area contributed by atoms with Gasteiger partial charge in [-0.05, 0) is 25.3 Å². The van der Waals surface area contributed by atoms with Crippen LogP contribution >= 0.6 is 35.0 Å². The van der Waals surface area contributed by atoms with Crippen LogP contribution in [0.25, 0.3) is 0 Å². The first kappa shape index (κ1) is 15.7. The average Bonchev–Trinajstić information content (AvgIpc) is 2.73. The van der Waals surface area contributed by atoms with Crippen LogP contribution in [0.15, 0.2) is 0 Å². The van der Waals surface area contributed by atoms with Gasteiger partial charge in [0.05, 0.1) is 5.69 Å². The van der Waals surface area contributed by atoms with Crippen molar-refractivity contribution in [2.75, 3.05) is 18.6 Å². The highest BCUT2D eigenvalue weighted by Crippen LogP contribution is 2.22. The van der Waals surface area contributed by atoms with Crippen molar-refractivity contribution in [3.8, 4) is 0 Å². The molecule has 102 valence electrons. The molecule has 18 heavy (non-hydrogen) atoms. The molecule has 0 saturated heterocycles. The normalized spacial score (nSPS) is 10.4. The number of thiazole rings is 1. The summed E-state index contributed by atoms with van der Waals surface area (Å²) in [5.74, 6) is 2.88. The van der Waals surface area contributed by atoms with Gasteiger partial charge in [-0.2, -0.15) is 11.8 Å². The molecule has 1 rings (SSSR count). The predicted molar refractivity (Wildman–Crippen MR) is 82.4 cm³/mol. The van der Waals surface area contributed by atoms with E-state index in [1.807, 2.05) is 11.8 Å². The SMILES string of the molecule is CCc1nc(CSCCSNC(=O)NC)sc1C. The second kappa shape index (κ2) is 8.66. The maximum Gasteiger partial charge on any atom is 0.324 e. The van der Waals surface area contributed by atoms with Crippen molar-refractivity contribution in [1.29, 1.82) is 0 Å². The van der Waals surface area contributed by atoms with Crippen LogP contribution in [0.2, 0.25) is 0 Å². The number of nitrogens with one attached hydrogen (secondary N) is 2. The molecule has 0 spiro atoms. The van der Waals surface area contributed by atoms with E-state index in [1.165, 1.54) is 27.5 Å². The lowest BCUT2D eigenvalue weighted by atomic mass is 10.3. The van der Waals surface area contributed by atoms with E-state index in [1.54, 1.807) is 18.4 Å². The van der Waals surface area contributed by atoms with Crippen molar-refractivity contribution < 1.29 is 4.79 Å². The van der Waals surface area contributed by atoms with E-state index >= 15 is 0 Å². The summed E-state index contributed by atoms with van der Waals surface area (Å²) in [6.45, 7) is 4.27. The van der Waals surface area contributed by atoms with Gasteiger partial charge >= 0.3 is 6.03 Å². The molecule has 0 atom stereocenters. The zero-order valence-electron chi connectivity index (χ0n) is 10.9. The summed E-state index contributed by atoms with van der Waals surface area (Å²) in [5, 5.41) is 3.72. The summed E-state index contributed by atoms with van der Waals surface area (Å²) >= 11 is 5.08. The Hall–Kier alpha value is -0.400. The van der Waals surface area contributed by atoms with Gasteiger partial charge in [-0.15, -0.1) is 11.3 Å². The second-order valence-electron chi connectivity index (χ2n) is 3.55. The molecule has 0 aliphatic heterocycles. The van der Waals surface area contributed by atoms with Crippen LogP contribution in [0.3, 0.4) is 0 Å². The minimum atomic E-state index is -0.145. The minimum absolute atomic E-state index is 0.145. The van der Waals surface area contributed by atoms with Crippen molar-refractivity contribution in [1.82, 2.24) is 15.0 Å². The molecule has 0 aliphatic rings. The first-order chi connectivity index (χ1) is 8.67. The van der Waals surface area contributed by atoms with Crippen LogP contribution in [-0.2, 0) is 12.2 Å². The second-order valence-corrected chi connectivity index (χ2v) is 6.84. The van der Waals surface area contributed by atoms with E-state index in [0.29, 0.717) is 0 Å². The molecule has 0 fully saturated rings. The highest BCUT2D eigenvalue weighted by molar-refractivity contribution is 8.01. The molecule has 4 nitrogen and oxygen atoms in total. The van der Waals surface area contributed by atoms with E-state index in [4.69, 9.17) is 0 Å². The van der Waals surface area contributed by atoms with E-state index in [9.17, 15) is 4.79 Å². The zero-order valence-corrected chi connectivity index (χ0v) is 13.4. The standard InChI is InChI=1S/C11H19N3OS3/c1-4-9-8(2)18-10(13-9)7-16-5-6-17-14-11(15)12-3/h4-7H2,1-3H3,(H2,12,14,15). The smallest absolute Gasteiger partial charge is 0.324 e. The molecule has 0 aromatic carbocycles. The van der Waals surface area contributed by atoms with E-state index in [-0.39, 0.29) is 6.03 Å². The number of aryl methyl sites for hydroxylation is 2. The lowest BCUT2D eigenvalue weighted by Crippen LogP contribution is -2.27. The monoisotopic (exact) mass is 305 g/mol. The van der Waals surface area contributed by atoms with Gasteiger partial charge in [-0.1, -0.05) is 6.92 Å². The minimum Gasteiger partial charge on any atom is -0.341 e. The van der Waals surface area contributed by atoms with Crippen molar-refractivity contribution in [2.45, 2.75) is 26.0 Å². The molecule has 0 bridgehead atoms. The number of thioether (sulfide) groups is 1. The Morgan fingerprint density at radius 3 is 2.83 bits per heavy atom. The first-order valence-corrected chi connectivity index (χ1v) is 8.75. The van der Waals surface area contributed by atoms with Crippen LogP contribution in [0, 0.1) is 6.92 Å². The van der Waals surface area contributed by atoms with Crippen molar-refractivity contribution in [2.24, 2.45) is 0 Å². The van der Waals surface area contributed by atoms with Crippen LogP contribution < -0.4 is 10.0 Å². The van der Waals surface area contributed by atoms with E-state index in [2.05, 4.69) is 28.9 Å². The molecule has 0 saturated carbocycles. The van der Waals surface area contributed by atoms with Gasteiger partial charge in [0.15, 0.2) is 0 Å². The molecule has 0 aliphatic carbocycles. The lowest BCUT2D eigenvalue weighted by Gasteiger charge is -2.02. The third-order valence-corrected chi connectivity index (χ3v) is 5.38. The summed E-state index contributed by atoms with van der Waals surface area (Å²) in [6.07, 6.45) is 1.01. The summed E-state index contributed by atoms with van der Waals surface area (Å²) in [6, 6.07) is -0.145. The fourth-order valence-electron chi connectivity index (χ4n) is 1.31. The molecule has 2 N–H and O–H groups in total. The molecular weight excluding hydrogens is 286 g/mol. The summed E-state index contributed by atoms with van der Waals surface area (Å²) < 4.78 is 2.69. The number of nitrogens with zero attached hydrogens (tertiary/aromatic N) is 1. The van der Waals surface area contributed by atoms with Gasteiger partial charge in [-0.25, -0.2) is 9.78 Å². The van der Waals surface area contributed by atoms with Gasteiger partial charge < -0.3 is 5.32 Å². The van der Waals surface area contributed by atoms with E-state index < -0.39 is 0 Å². The number of aromatic nitrogens is 1. The average molecular weight is 305 g/mol. The van der Waals surface area contributed by atoms with Crippen LogP contribution in [0.4, 0.5) is 4.79 Å². The molecule has 0 unspecified atom stereocenters. The Bertz CT molecular complexity index is 382. The van der Waals surface area contributed by atoms with Gasteiger partial charge in [0, 0.05) is 29.2 Å². The molecule has 7 heteroatoms. The number of urea groups is 1. The van der Waals surface area contributed by atoms with Crippen molar-refractivity contribution in [3.63, 3.8) is 0 Å². The molecule has 1 aromatic rings. The number of amides is 2. The fraction of sp³-hybridized carbons (Fsp3) is 0.636. The first-order valence-electron chi connectivity index (χ1n) is 5.79. The highest BCUT2D eigenvalue weighted by Gasteiger charge is 2.05. The topological polar surface area (TPSA) is 54.0 Å². The van der Waals surface area contributed by atoms with Crippen molar-refractivity contribution in [3.05, 3.63) is 15.6 Å². The number of carbonyl (C=O) groups is 1. The third kappa shape index (κ3) is 5.49. The fourth-order valence-corrected chi connectivity index (χ4v) is 4.13. The van der Waals surface area contributed by atoms with Crippen LogP contribution in [0.5, 0.6) is 0 Å². The van der Waals surface area contributed by atoms with Crippen LogP contribution in [-0.4, -0.2) is 29.6 Å². The summed E-state index contributed by atoms with van der Waals surface area (Å²) in [5.41, 5.74) is 1.23. The van der Waals surface area contributed by atoms with E-state index in [0.717, 1.165) is 23.7 Å². The van der Waals surface area contributed by atoms with Gasteiger partial charge in [0.1, 0.15) is 5.01 Å². The zero-order chi connectivity index (χ0) is 13.4. The molecular formula is C11H19N3OS3. The number of hydrogen-bond acceptors (Lipinski definition) is 5. The lowest BCUT2D eigenvalue weighted by molar-refractivity contribution is 0.248. The summed E-state index contributed by atoms with van der Waals surface area (Å²) in [7, 11) is 1.61.